The molecule has 1 fully saturated rings. The highest BCUT2D eigenvalue weighted by molar-refractivity contribution is 6.20. The van der Waals surface area contributed by atoms with Crippen LogP contribution in [0.3, 0.4) is 0 Å². The summed E-state index contributed by atoms with van der Waals surface area (Å²) >= 11 is 6.23. The maximum Gasteiger partial charge on any atom is 0.251 e. The number of benzene rings is 1. The average molecular weight is 281 g/mol. The van der Waals surface area contributed by atoms with E-state index < -0.39 is 0 Å². The minimum Gasteiger partial charge on any atom is -0.349 e. The monoisotopic (exact) mass is 280 g/mol. The van der Waals surface area contributed by atoms with Crippen molar-refractivity contribution in [1.82, 2.24) is 10.2 Å². The number of amides is 1. The van der Waals surface area contributed by atoms with Crippen LogP contribution in [-0.4, -0.2) is 35.4 Å². The maximum absolute atomic E-state index is 12.0. The molecule has 0 spiro atoms. The fourth-order valence-electron chi connectivity index (χ4n) is 2.44. The van der Waals surface area contributed by atoms with Gasteiger partial charge < -0.3 is 5.32 Å². The molecule has 19 heavy (non-hydrogen) atoms. The number of likely N-dealkylation sites (tertiary alicyclic amines) is 1. The minimum absolute atomic E-state index is 0.0250. The van der Waals surface area contributed by atoms with Crippen molar-refractivity contribution in [2.45, 2.75) is 37.7 Å². The Balaban J connectivity index is 1.81. The van der Waals surface area contributed by atoms with Gasteiger partial charge in [0.25, 0.3) is 5.91 Å². The maximum atomic E-state index is 12.0. The molecule has 1 heterocycles. The second-order valence-corrected chi connectivity index (χ2v) is 5.50. The first kappa shape index (κ1) is 14.4. The van der Waals surface area contributed by atoms with E-state index in [2.05, 4.69) is 17.1 Å². The number of hydrogen-bond donors (Lipinski definition) is 1. The molecule has 1 amide bonds. The molecule has 0 aliphatic carbocycles. The summed E-state index contributed by atoms with van der Waals surface area (Å²) in [6.45, 7) is 4.02. The summed E-state index contributed by atoms with van der Waals surface area (Å²) in [5.41, 5.74) is 0.861. The van der Waals surface area contributed by atoms with E-state index in [9.17, 15) is 4.79 Å². The summed E-state index contributed by atoms with van der Waals surface area (Å²) in [6.07, 6.45) is 2.91. The summed E-state index contributed by atoms with van der Waals surface area (Å²) in [5.74, 6) is 0.0250. The third kappa shape index (κ3) is 3.95. The van der Waals surface area contributed by atoms with Gasteiger partial charge in [0, 0.05) is 24.7 Å². The molecule has 1 unspecified atom stereocenters. The van der Waals surface area contributed by atoms with Crippen LogP contribution in [0.1, 0.15) is 36.5 Å². The lowest BCUT2D eigenvalue weighted by molar-refractivity contribution is 0.0906. The third-order valence-electron chi connectivity index (χ3n) is 3.63. The zero-order valence-corrected chi connectivity index (χ0v) is 12.1. The van der Waals surface area contributed by atoms with E-state index in [0.29, 0.717) is 0 Å². The van der Waals surface area contributed by atoms with Crippen molar-refractivity contribution in [3.63, 3.8) is 0 Å². The van der Waals surface area contributed by atoms with Gasteiger partial charge in [-0.2, -0.15) is 0 Å². The quantitative estimate of drug-likeness (QED) is 0.679. The van der Waals surface area contributed by atoms with Gasteiger partial charge in [0.15, 0.2) is 0 Å². The van der Waals surface area contributed by atoms with Gasteiger partial charge in [0.1, 0.15) is 0 Å². The number of carbonyl (C=O) groups is 1. The Kier molecular flexibility index (Phi) is 5.23. The number of nitrogens with one attached hydrogen (secondary N) is 1. The van der Waals surface area contributed by atoms with Crippen molar-refractivity contribution < 1.29 is 4.79 Å². The van der Waals surface area contributed by atoms with Crippen LogP contribution in [0.25, 0.3) is 0 Å². The van der Waals surface area contributed by atoms with E-state index in [1.54, 1.807) is 0 Å². The van der Waals surface area contributed by atoms with E-state index in [4.69, 9.17) is 11.6 Å². The van der Waals surface area contributed by atoms with E-state index in [1.165, 1.54) is 0 Å². The number of halogens is 1. The molecule has 0 radical (unpaired) electrons. The van der Waals surface area contributed by atoms with Gasteiger partial charge in [0.05, 0.1) is 5.50 Å². The first-order valence-corrected chi connectivity index (χ1v) is 7.38. The van der Waals surface area contributed by atoms with Gasteiger partial charge in [0.2, 0.25) is 0 Å². The van der Waals surface area contributed by atoms with Gasteiger partial charge in [-0.25, -0.2) is 0 Å². The summed E-state index contributed by atoms with van der Waals surface area (Å²) < 4.78 is 0. The zero-order valence-electron chi connectivity index (χ0n) is 11.3. The fourth-order valence-corrected chi connectivity index (χ4v) is 2.64. The number of nitrogens with zero attached hydrogens (tertiary/aromatic N) is 1. The van der Waals surface area contributed by atoms with Crippen LogP contribution in [0.4, 0.5) is 0 Å². The predicted octanol–water partition coefficient (Wildman–Crippen LogP) is 2.86. The molecule has 1 N–H and O–H groups in total. The van der Waals surface area contributed by atoms with Gasteiger partial charge in [-0.1, -0.05) is 25.1 Å². The van der Waals surface area contributed by atoms with Crippen LogP contribution in [0, 0.1) is 0 Å². The van der Waals surface area contributed by atoms with Crippen LogP contribution in [0.5, 0.6) is 0 Å². The highest BCUT2D eigenvalue weighted by Crippen LogP contribution is 2.17. The average Bonchev–Trinajstić information content (AvgIpc) is 2.48. The summed E-state index contributed by atoms with van der Waals surface area (Å²) in [4.78, 5) is 14.3. The molecule has 1 aliphatic heterocycles. The van der Waals surface area contributed by atoms with Crippen molar-refractivity contribution in [2.75, 3.05) is 13.1 Å². The molecule has 2 rings (SSSR count). The summed E-state index contributed by atoms with van der Waals surface area (Å²) in [7, 11) is 0. The smallest absolute Gasteiger partial charge is 0.251 e. The first-order chi connectivity index (χ1) is 9.20. The predicted molar refractivity (Wildman–Crippen MR) is 78.4 cm³/mol. The van der Waals surface area contributed by atoms with E-state index in [-0.39, 0.29) is 17.5 Å². The first-order valence-electron chi connectivity index (χ1n) is 6.94. The number of alkyl halides is 1. The lowest BCUT2D eigenvalue weighted by Gasteiger charge is -2.34. The molecule has 104 valence electrons. The molecule has 0 bridgehead atoms. The number of carbonyl (C=O) groups excluding carboxylic acids is 1. The molecular formula is C15H21ClN2O. The molecule has 1 saturated heterocycles. The van der Waals surface area contributed by atoms with Gasteiger partial charge in [-0.15, -0.1) is 11.6 Å². The highest BCUT2D eigenvalue weighted by Gasteiger charge is 2.24. The topological polar surface area (TPSA) is 32.3 Å². The number of rotatable bonds is 4. The Bertz CT molecular complexity index is 402. The second kappa shape index (κ2) is 6.92. The Morgan fingerprint density at radius 3 is 2.58 bits per heavy atom. The summed E-state index contributed by atoms with van der Waals surface area (Å²) in [6, 6.07) is 9.64. The minimum atomic E-state index is 0.0250. The second-order valence-electron chi connectivity index (χ2n) is 4.99. The number of hydrogen-bond acceptors (Lipinski definition) is 2. The normalized spacial score (nSPS) is 19.1. The van der Waals surface area contributed by atoms with Gasteiger partial charge in [-0.3, -0.25) is 9.69 Å². The molecule has 1 aromatic carbocycles. The molecule has 1 aromatic rings. The van der Waals surface area contributed by atoms with Crippen LogP contribution < -0.4 is 5.32 Å². The zero-order chi connectivity index (χ0) is 13.7. The van der Waals surface area contributed by atoms with Crippen LogP contribution >= 0.6 is 11.6 Å². The molecule has 1 atom stereocenters. The van der Waals surface area contributed by atoms with Gasteiger partial charge >= 0.3 is 0 Å². The molecule has 0 aromatic heterocycles. The van der Waals surface area contributed by atoms with E-state index in [0.717, 1.165) is 37.9 Å². The lowest BCUT2D eigenvalue weighted by atomic mass is 10.0. The van der Waals surface area contributed by atoms with Gasteiger partial charge in [-0.05, 0) is 31.4 Å². The van der Waals surface area contributed by atoms with Crippen LogP contribution in [0.2, 0.25) is 0 Å². The van der Waals surface area contributed by atoms with E-state index >= 15 is 0 Å². The highest BCUT2D eigenvalue weighted by atomic mass is 35.5. The number of piperidine rings is 1. The van der Waals surface area contributed by atoms with Crippen molar-refractivity contribution in [3.05, 3.63) is 35.9 Å². The van der Waals surface area contributed by atoms with Crippen LogP contribution in [0.15, 0.2) is 30.3 Å². The largest absolute Gasteiger partial charge is 0.349 e. The molecule has 3 nitrogen and oxygen atoms in total. The fraction of sp³-hybridized carbons (Fsp3) is 0.533. The molecule has 4 heteroatoms. The SMILES string of the molecule is CCC(Cl)N1CCC(NC(=O)c2ccccc2)CC1. The standard InChI is InChI=1S/C15H21ClN2O/c1-2-14(16)18-10-8-13(9-11-18)17-15(19)12-6-4-3-5-7-12/h3-7,13-14H,2,8-11H2,1H3,(H,17,19). The van der Waals surface area contributed by atoms with Crippen LogP contribution in [-0.2, 0) is 0 Å². The Labute approximate surface area is 119 Å². The van der Waals surface area contributed by atoms with E-state index in [1.807, 2.05) is 30.3 Å². The Morgan fingerprint density at radius 1 is 1.37 bits per heavy atom. The summed E-state index contributed by atoms with van der Waals surface area (Å²) in [5, 5.41) is 3.10. The van der Waals surface area contributed by atoms with Crippen molar-refractivity contribution in [1.29, 1.82) is 0 Å². The lowest BCUT2D eigenvalue weighted by Crippen LogP contribution is -2.46. The van der Waals surface area contributed by atoms with Crippen molar-refractivity contribution in [2.24, 2.45) is 0 Å². The Hall–Kier alpha value is -1.06. The molecule has 0 saturated carbocycles. The Morgan fingerprint density at radius 2 is 2.00 bits per heavy atom. The third-order valence-corrected chi connectivity index (χ3v) is 4.22. The van der Waals surface area contributed by atoms with Crippen molar-refractivity contribution >= 4 is 17.5 Å². The van der Waals surface area contributed by atoms with Crippen molar-refractivity contribution in [3.8, 4) is 0 Å². The molecule has 1 aliphatic rings. The molecular weight excluding hydrogens is 260 g/mol.